The third-order valence-corrected chi connectivity index (χ3v) is 3.76. The van der Waals surface area contributed by atoms with E-state index in [1.165, 1.54) is 26.8 Å². The Morgan fingerprint density at radius 3 is 2.50 bits per heavy atom. The third-order valence-electron chi connectivity index (χ3n) is 2.68. The van der Waals surface area contributed by atoms with Gasteiger partial charge in [-0.05, 0) is 6.08 Å². The summed E-state index contributed by atoms with van der Waals surface area (Å²) in [6.07, 6.45) is 3.33. The number of fused-ring (bicyclic) bond motifs is 1. The van der Waals surface area contributed by atoms with Crippen molar-refractivity contribution < 1.29 is 36.6 Å². The van der Waals surface area contributed by atoms with Gasteiger partial charge in [0.25, 0.3) is 5.91 Å². The molecule has 1 saturated heterocycles. The maximum atomic E-state index is 11.9. The highest BCUT2D eigenvalue weighted by molar-refractivity contribution is 8.03. The average Bonchev–Trinajstić information content (AvgIpc) is 2.89. The Morgan fingerprint density at radius 2 is 2.00 bits per heavy atom. The third kappa shape index (κ3) is 3.15. The van der Waals surface area contributed by atoms with Crippen LogP contribution in [0.5, 0.6) is 0 Å². The van der Waals surface area contributed by atoms with E-state index in [2.05, 4.69) is 10.3 Å². The maximum absolute atomic E-state index is 11.9. The lowest BCUT2D eigenvalue weighted by atomic mass is 10.0. The second kappa shape index (κ2) is 7.67. The summed E-state index contributed by atoms with van der Waals surface area (Å²) in [4.78, 5) is 24.0. The Labute approximate surface area is 128 Å². The van der Waals surface area contributed by atoms with Crippen LogP contribution >= 0.6 is 11.8 Å². The van der Waals surface area contributed by atoms with Crippen molar-refractivity contribution in [2.45, 2.75) is 5.37 Å². The molecule has 22 heavy (non-hydrogen) atoms. The molecule has 3 rings (SSSR count). The molecule has 0 bridgehead atoms. The molecule has 0 aliphatic carbocycles. The Balaban J connectivity index is 0. The highest BCUT2D eigenvalue weighted by atomic mass is 32.2. The Bertz CT molecular complexity index is 627. The summed E-state index contributed by atoms with van der Waals surface area (Å²) in [7, 11) is 1.73. The van der Waals surface area contributed by atoms with E-state index < -0.39 is 5.97 Å². The van der Waals surface area contributed by atoms with E-state index in [0.29, 0.717) is 11.3 Å². The molecule has 1 atom stereocenters. The van der Waals surface area contributed by atoms with E-state index in [1.54, 1.807) is 19.3 Å². The lowest BCUT2D eigenvalue weighted by Crippen LogP contribution is -2.51. The van der Waals surface area contributed by atoms with Crippen molar-refractivity contribution in [3.05, 3.63) is 28.6 Å². The van der Waals surface area contributed by atoms with Gasteiger partial charge in [0.2, 0.25) is 0 Å². The van der Waals surface area contributed by atoms with Gasteiger partial charge in [0, 0.05) is 12.5 Å². The number of aliphatic carboxylic acids is 1. The molecule has 1 amide bonds. The zero-order valence-electron chi connectivity index (χ0n) is 11.3. The number of carboxylic acid groups (broad SMARTS) is 1. The van der Waals surface area contributed by atoms with Crippen molar-refractivity contribution in [1.29, 1.82) is 0 Å². The van der Waals surface area contributed by atoms with Gasteiger partial charge in [-0.3, -0.25) is 14.4 Å². The largest absolute Gasteiger partial charge is 0.477 e. The molecule has 1 aromatic heterocycles. The first-order chi connectivity index (χ1) is 8.58. The number of aromatic nitrogens is 3. The number of hydrogen-bond donors (Lipinski definition) is 1. The van der Waals surface area contributed by atoms with Crippen LogP contribution in [0, 0.1) is 0 Å². The van der Waals surface area contributed by atoms with Crippen LogP contribution in [0.4, 0.5) is 0 Å². The molecule has 3 heterocycles. The van der Waals surface area contributed by atoms with Crippen molar-refractivity contribution >= 4 is 29.7 Å². The number of aryl methyl sites for hydroxylation is 1. The monoisotopic (exact) mass is 336 g/mol. The lowest BCUT2D eigenvalue weighted by molar-refractivity contribution is -0.141. The van der Waals surface area contributed by atoms with Gasteiger partial charge in [-0.25, -0.2) is 4.79 Å². The highest BCUT2D eigenvalue weighted by Gasteiger charge is 2.49. The summed E-state index contributed by atoms with van der Waals surface area (Å²) in [5, 5.41) is 17.8. The van der Waals surface area contributed by atoms with Crippen LogP contribution < -0.4 is 0 Å². The van der Waals surface area contributed by atoms with Crippen molar-refractivity contribution in [2.75, 3.05) is 0 Å². The van der Waals surface area contributed by atoms with Crippen molar-refractivity contribution in [3.63, 3.8) is 0 Å². The number of carbonyl (C=O) groups excluding carboxylic acids is 1. The average molecular weight is 336 g/mol. The number of thioether (sulfide) groups is 1. The number of hydrogen-bond acceptors (Lipinski definition) is 5. The van der Waals surface area contributed by atoms with Crippen LogP contribution in [-0.4, -0.2) is 64.2 Å². The SMILES string of the molecule is Cn1cc(C=C2C(=O)N3C(C(=O)O)=CS[C@H]23)nn1.O.O.O.O. The molecule has 0 aromatic carbocycles. The molecule has 124 valence electrons. The molecule has 9 N–H and O–H groups in total. The number of rotatable bonds is 2. The van der Waals surface area contributed by atoms with Crippen LogP contribution in [0.1, 0.15) is 5.69 Å². The van der Waals surface area contributed by atoms with Gasteiger partial charge in [-0.1, -0.05) is 5.21 Å². The molecule has 12 heteroatoms. The number of nitrogens with zero attached hydrogens (tertiary/aromatic N) is 4. The summed E-state index contributed by atoms with van der Waals surface area (Å²) in [5.41, 5.74) is 1.17. The molecule has 1 fully saturated rings. The molecule has 2 aliphatic heterocycles. The minimum Gasteiger partial charge on any atom is -0.477 e. The first-order valence-electron chi connectivity index (χ1n) is 5.08. The van der Waals surface area contributed by atoms with E-state index >= 15 is 0 Å². The van der Waals surface area contributed by atoms with E-state index in [1.807, 2.05) is 0 Å². The van der Waals surface area contributed by atoms with E-state index in [-0.39, 0.29) is 38.9 Å². The summed E-state index contributed by atoms with van der Waals surface area (Å²) in [6, 6.07) is 0. The number of amides is 1. The lowest BCUT2D eigenvalue weighted by Gasteiger charge is -2.36. The number of carboxylic acids is 1. The topological polar surface area (TPSA) is 214 Å². The fraction of sp³-hybridized carbons (Fsp3) is 0.200. The van der Waals surface area contributed by atoms with E-state index in [9.17, 15) is 9.59 Å². The van der Waals surface area contributed by atoms with Crippen molar-refractivity contribution in [3.8, 4) is 0 Å². The predicted molar refractivity (Wildman–Crippen MR) is 77.4 cm³/mol. The van der Waals surface area contributed by atoms with Crippen LogP contribution in [0.25, 0.3) is 6.08 Å². The summed E-state index contributed by atoms with van der Waals surface area (Å²) >= 11 is 1.31. The first kappa shape index (κ1) is 22.0. The molecule has 2 aliphatic rings. The Kier molecular flexibility index (Phi) is 7.68. The highest BCUT2D eigenvalue weighted by Crippen LogP contribution is 2.44. The summed E-state index contributed by atoms with van der Waals surface area (Å²) < 4.78 is 1.54. The minimum absolute atomic E-state index is 0. The molecule has 0 spiro atoms. The van der Waals surface area contributed by atoms with Gasteiger partial charge in [-0.2, -0.15) is 0 Å². The second-order valence-electron chi connectivity index (χ2n) is 3.89. The fourth-order valence-electron chi connectivity index (χ4n) is 1.86. The predicted octanol–water partition coefficient (Wildman–Crippen LogP) is -3.26. The second-order valence-corrected chi connectivity index (χ2v) is 4.84. The van der Waals surface area contributed by atoms with Crippen molar-refractivity contribution in [2.24, 2.45) is 7.05 Å². The van der Waals surface area contributed by atoms with Crippen LogP contribution in [0.3, 0.4) is 0 Å². The van der Waals surface area contributed by atoms with Crippen molar-refractivity contribution in [1.82, 2.24) is 19.9 Å². The molecule has 0 radical (unpaired) electrons. The summed E-state index contributed by atoms with van der Waals surface area (Å²) in [6.45, 7) is 0. The zero-order chi connectivity index (χ0) is 12.9. The van der Waals surface area contributed by atoms with Crippen LogP contribution in [-0.2, 0) is 16.6 Å². The van der Waals surface area contributed by atoms with E-state index in [4.69, 9.17) is 5.11 Å². The van der Waals surface area contributed by atoms with Gasteiger partial charge in [0.15, 0.2) is 0 Å². The normalized spacial score (nSPS) is 19.6. The van der Waals surface area contributed by atoms with Gasteiger partial charge >= 0.3 is 5.97 Å². The smallest absolute Gasteiger partial charge is 0.353 e. The zero-order valence-corrected chi connectivity index (χ0v) is 12.1. The van der Waals surface area contributed by atoms with Gasteiger partial charge in [0.05, 0.1) is 11.8 Å². The van der Waals surface area contributed by atoms with Gasteiger partial charge in [-0.15, -0.1) is 16.9 Å². The van der Waals surface area contributed by atoms with Crippen LogP contribution in [0.15, 0.2) is 22.9 Å². The molecular formula is C10H16N4O7S. The molecular weight excluding hydrogens is 320 g/mol. The standard InChI is InChI=1S/C10H8N4O3S.4H2O/c1-13-3-5(11-12-13)2-6-8(15)14-7(10(16)17)4-18-9(6)14;;;;/h2-4,9H,1H3,(H,16,17);4*1H2/t9-;;;;/m1..../s1. The summed E-state index contributed by atoms with van der Waals surface area (Å²) in [5.74, 6) is -1.37. The van der Waals surface area contributed by atoms with Gasteiger partial charge < -0.3 is 27.0 Å². The maximum Gasteiger partial charge on any atom is 0.353 e. The van der Waals surface area contributed by atoms with E-state index in [0.717, 1.165) is 0 Å². The Morgan fingerprint density at radius 1 is 1.36 bits per heavy atom. The molecule has 0 unspecified atom stereocenters. The fourth-order valence-corrected chi connectivity index (χ4v) is 2.98. The first-order valence-corrected chi connectivity index (χ1v) is 6.02. The Hall–Kier alpha value is -2.25. The quantitative estimate of drug-likeness (QED) is 0.431. The molecule has 11 nitrogen and oxygen atoms in total. The molecule has 1 aromatic rings. The number of carbonyl (C=O) groups is 2. The van der Waals surface area contributed by atoms with Crippen LogP contribution in [0.2, 0.25) is 0 Å². The molecule has 0 saturated carbocycles. The van der Waals surface area contributed by atoms with Gasteiger partial charge in [0.1, 0.15) is 16.8 Å². The number of β-lactam (4-membered cyclic amide) rings is 1. The minimum atomic E-state index is -1.09.